The lowest BCUT2D eigenvalue weighted by molar-refractivity contribution is 0.0733. The summed E-state index contributed by atoms with van der Waals surface area (Å²) in [7, 11) is 0. The van der Waals surface area contributed by atoms with E-state index in [-0.39, 0.29) is 12.5 Å². The zero-order valence-electron chi connectivity index (χ0n) is 15.4. The van der Waals surface area contributed by atoms with Crippen LogP contribution in [0.4, 0.5) is 5.69 Å². The summed E-state index contributed by atoms with van der Waals surface area (Å²) in [5.41, 5.74) is 3.57. The SMILES string of the molecule is CCN(CC)c1ccc(C(=O)N2CCOc3ccc(CO)cc3C2)cc1. The molecule has 2 aromatic rings. The molecule has 0 unspecified atom stereocenters. The van der Waals surface area contributed by atoms with E-state index in [2.05, 4.69) is 18.7 Å². The summed E-state index contributed by atoms with van der Waals surface area (Å²) in [6, 6.07) is 13.4. The first-order chi connectivity index (χ1) is 12.7. The summed E-state index contributed by atoms with van der Waals surface area (Å²) in [5.74, 6) is 0.788. The van der Waals surface area contributed by atoms with Gasteiger partial charge in [0.1, 0.15) is 12.4 Å². The lowest BCUT2D eigenvalue weighted by Crippen LogP contribution is -2.32. The monoisotopic (exact) mass is 354 g/mol. The fourth-order valence-corrected chi connectivity index (χ4v) is 3.31. The molecule has 0 aliphatic carbocycles. The highest BCUT2D eigenvalue weighted by molar-refractivity contribution is 5.94. The fourth-order valence-electron chi connectivity index (χ4n) is 3.31. The normalized spacial score (nSPS) is 13.6. The molecule has 1 aliphatic rings. The minimum atomic E-state index is -0.0198. The van der Waals surface area contributed by atoms with Crippen LogP contribution in [0.15, 0.2) is 42.5 Å². The van der Waals surface area contributed by atoms with Crippen molar-refractivity contribution >= 4 is 11.6 Å². The Morgan fingerprint density at radius 2 is 1.88 bits per heavy atom. The van der Waals surface area contributed by atoms with E-state index >= 15 is 0 Å². The first-order valence-electron chi connectivity index (χ1n) is 9.16. The average Bonchev–Trinajstić information content (AvgIpc) is 2.90. The van der Waals surface area contributed by atoms with Crippen molar-refractivity contribution in [2.24, 2.45) is 0 Å². The van der Waals surface area contributed by atoms with Crippen molar-refractivity contribution in [3.63, 3.8) is 0 Å². The smallest absolute Gasteiger partial charge is 0.254 e. The van der Waals surface area contributed by atoms with Crippen molar-refractivity contribution in [3.8, 4) is 5.75 Å². The number of carbonyl (C=O) groups excluding carboxylic acids is 1. The van der Waals surface area contributed by atoms with Crippen LogP contribution in [0.1, 0.15) is 35.3 Å². The van der Waals surface area contributed by atoms with Gasteiger partial charge < -0.3 is 19.6 Å². The van der Waals surface area contributed by atoms with E-state index in [0.717, 1.165) is 35.7 Å². The Hall–Kier alpha value is -2.53. The van der Waals surface area contributed by atoms with Gasteiger partial charge in [0.15, 0.2) is 0 Å². The van der Waals surface area contributed by atoms with E-state index in [0.29, 0.717) is 25.3 Å². The molecule has 0 atom stereocenters. The molecule has 3 rings (SSSR count). The molecule has 1 heterocycles. The van der Waals surface area contributed by atoms with Crippen LogP contribution in [-0.2, 0) is 13.2 Å². The Kier molecular flexibility index (Phi) is 5.78. The summed E-state index contributed by atoms with van der Waals surface area (Å²) in [6.45, 7) is 7.60. The highest BCUT2D eigenvalue weighted by Crippen LogP contribution is 2.25. The highest BCUT2D eigenvalue weighted by Gasteiger charge is 2.21. The molecule has 0 aromatic heterocycles. The predicted molar refractivity (Wildman–Crippen MR) is 103 cm³/mol. The van der Waals surface area contributed by atoms with Gasteiger partial charge in [-0.1, -0.05) is 6.07 Å². The second-order valence-corrected chi connectivity index (χ2v) is 6.39. The molecule has 1 aliphatic heterocycles. The van der Waals surface area contributed by atoms with E-state index in [1.165, 1.54) is 0 Å². The minimum Gasteiger partial charge on any atom is -0.491 e. The summed E-state index contributed by atoms with van der Waals surface area (Å²) in [5, 5.41) is 9.35. The molecule has 0 saturated carbocycles. The van der Waals surface area contributed by atoms with Crippen molar-refractivity contribution in [3.05, 3.63) is 59.2 Å². The molecule has 1 N–H and O–H groups in total. The lowest BCUT2D eigenvalue weighted by Gasteiger charge is -2.23. The molecule has 5 heteroatoms. The molecule has 26 heavy (non-hydrogen) atoms. The Morgan fingerprint density at radius 3 is 2.54 bits per heavy atom. The predicted octanol–water partition coefficient (Wildman–Crippen LogP) is 3.06. The van der Waals surface area contributed by atoms with Crippen molar-refractivity contribution < 1.29 is 14.6 Å². The number of nitrogens with zero attached hydrogens (tertiary/aromatic N) is 2. The maximum Gasteiger partial charge on any atom is 0.254 e. The van der Waals surface area contributed by atoms with Crippen LogP contribution in [0.2, 0.25) is 0 Å². The average molecular weight is 354 g/mol. The quantitative estimate of drug-likeness (QED) is 0.897. The van der Waals surface area contributed by atoms with Crippen LogP contribution in [0.3, 0.4) is 0 Å². The molecule has 0 spiro atoms. The standard InChI is InChI=1S/C21H26N2O3/c1-3-22(4-2)19-8-6-17(7-9-19)21(25)23-11-12-26-20-10-5-16(15-24)13-18(20)14-23/h5-10,13,24H,3-4,11-12,14-15H2,1-2H3. The third kappa shape index (κ3) is 3.83. The van der Waals surface area contributed by atoms with Crippen molar-refractivity contribution in [2.75, 3.05) is 31.1 Å². The summed E-state index contributed by atoms with van der Waals surface area (Å²) >= 11 is 0. The number of benzene rings is 2. The topological polar surface area (TPSA) is 53.0 Å². The molecule has 0 saturated heterocycles. The van der Waals surface area contributed by atoms with E-state index in [9.17, 15) is 9.90 Å². The van der Waals surface area contributed by atoms with Gasteiger partial charge in [-0.15, -0.1) is 0 Å². The first kappa shape index (κ1) is 18.3. The maximum atomic E-state index is 12.9. The minimum absolute atomic E-state index is 0.00180. The highest BCUT2D eigenvalue weighted by atomic mass is 16.5. The maximum absolute atomic E-state index is 12.9. The van der Waals surface area contributed by atoms with Gasteiger partial charge in [-0.25, -0.2) is 0 Å². The van der Waals surface area contributed by atoms with Gasteiger partial charge in [-0.3, -0.25) is 4.79 Å². The molecular formula is C21H26N2O3. The Morgan fingerprint density at radius 1 is 1.15 bits per heavy atom. The zero-order chi connectivity index (χ0) is 18.5. The third-order valence-electron chi connectivity index (χ3n) is 4.82. The number of amides is 1. The summed E-state index contributed by atoms with van der Waals surface area (Å²) < 4.78 is 5.76. The van der Waals surface area contributed by atoms with Crippen molar-refractivity contribution in [2.45, 2.75) is 27.0 Å². The van der Waals surface area contributed by atoms with Crippen molar-refractivity contribution in [1.82, 2.24) is 4.90 Å². The number of carbonyl (C=O) groups is 1. The lowest BCUT2D eigenvalue weighted by atomic mass is 10.1. The third-order valence-corrected chi connectivity index (χ3v) is 4.82. The van der Waals surface area contributed by atoms with Gasteiger partial charge in [-0.05, 0) is 55.8 Å². The van der Waals surface area contributed by atoms with Gasteiger partial charge >= 0.3 is 0 Å². The zero-order valence-corrected chi connectivity index (χ0v) is 15.4. The van der Waals surface area contributed by atoms with Gasteiger partial charge in [0.2, 0.25) is 0 Å². The van der Waals surface area contributed by atoms with Crippen molar-refractivity contribution in [1.29, 1.82) is 0 Å². The molecular weight excluding hydrogens is 328 g/mol. The number of hydrogen-bond acceptors (Lipinski definition) is 4. The molecule has 138 valence electrons. The van der Waals surface area contributed by atoms with E-state index < -0.39 is 0 Å². The van der Waals surface area contributed by atoms with E-state index in [1.807, 2.05) is 42.5 Å². The number of rotatable bonds is 5. The summed E-state index contributed by atoms with van der Waals surface area (Å²) in [6.07, 6.45) is 0. The Balaban J connectivity index is 1.78. The molecule has 0 radical (unpaired) electrons. The number of fused-ring (bicyclic) bond motifs is 1. The number of anilines is 1. The van der Waals surface area contributed by atoms with Gasteiger partial charge in [0, 0.05) is 36.4 Å². The van der Waals surface area contributed by atoms with Crippen LogP contribution in [0.5, 0.6) is 5.75 Å². The number of hydrogen-bond donors (Lipinski definition) is 1. The largest absolute Gasteiger partial charge is 0.491 e. The van der Waals surface area contributed by atoms with Gasteiger partial charge in [0.05, 0.1) is 13.2 Å². The van der Waals surface area contributed by atoms with Gasteiger partial charge in [0.25, 0.3) is 5.91 Å². The number of ether oxygens (including phenoxy) is 1. The number of aliphatic hydroxyl groups is 1. The van der Waals surface area contributed by atoms with Crippen LogP contribution in [0, 0.1) is 0 Å². The van der Waals surface area contributed by atoms with E-state index in [4.69, 9.17) is 4.74 Å². The molecule has 1 amide bonds. The number of aliphatic hydroxyl groups excluding tert-OH is 1. The molecule has 5 nitrogen and oxygen atoms in total. The second-order valence-electron chi connectivity index (χ2n) is 6.39. The second kappa shape index (κ2) is 8.23. The van der Waals surface area contributed by atoms with Gasteiger partial charge in [-0.2, -0.15) is 0 Å². The Labute approximate surface area is 154 Å². The first-order valence-corrected chi connectivity index (χ1v) is 9.16. The Bertz CT molecular complexity index is 754. The van der Waals surface area contributed by atoms with Crippen LogP contribution in [-0.4, -0.2) is 42.2 Å². The fraction of sp³-hybridized carbons (Fsp3) is 0.381. The van der Waals surface area contributed by atoms with Crippen LogP contribution >= 0.6 is 0 Å². The van der Waals surface area contributed by atoms with Crippen LogP contribution in [0.25, 0.3) is 0 Å². The molecule has 2 aromatic carbocycles. The molecule has 0 bridgehead atoms. The van der Waals surface area contributed by atoms with Crippen LogP contribution < -0.4 is 9.64 Å². The summed E-state index contributed by atoms with van der Waals surface area (Å²) in [4.78, 5) is 17.0. The van der Waals surface area contributed by atoms with E-state index in [1.54, 1.807) is 4.90 Å². The molecule has 0 fully saturated rings.